The Morgan fingerprint density at radius 1 is 1.00 bits per heavy atom. The van der Waals surface area contributed by atoms with Gasteiger partial charge >= 0.3 is 11.9 Å². The van der Waals surface area contributed by atoms with Crippen molar-refractivity contribution < 1.29 is 19.1 Å². The lowest BCUT2D eigenvalue weighted by atomic mass is 9.97. The van der Waals surface area contributed by atoms with Crippen molar-refractivity contribution in [2.24, 2.45) is 0 Å². The standard InChI is InChI=1S/C17H22O4/c1-12(2)20-16(18)14-10-6-7-11-15(14)17(19)21-13-8-4-3-5-9-13/h6-7,10-13H,3-5,8-9H2,1-2H3. The minimum atomic E-state index is -0.485. The maximum atomic E-state index is 12.3. The third-order valence-corrected chi connectivity index (χ3v) is 3.54. The molecule has 0 atom stereocenters. The molecule has 2 rings (SSSR count). The van der Waals surface area contributed by atoms with Crippen LogP contribution in [-0.4, -0.2) is 24.1 Å². The summed E-state index contributed by atoms with van der Waals surface area (Å²) in [7, 11) is 0. The number of hydrogen-bond donors (Lipinski definition) is 0. The summed E-state index contributed by atoms with van der Waals surface area (Å²) in [5.41, 5.74) is 0.556. The molecule has 1 aliphatic rings. The molecule has 0 heterocycles. The molecule has 0 amide bonds. The Balaban J connectivity index is 2.11. The van der Waals surface area contributed by atoms with Crippen molar-refractivity contribution in [3.8, 4) is 0 Å². The largest absolute Gasteiger partial charge is 0.459 e. The van der Waals surface area contributed by atoms with Gasteiger partial charge in [-0.2, -0.15) is 0 Å². The molecule has 0 bridgehead atoms. The highest BCUT2D eigenvalue weighted by Gasteiger charge is 2.23. The minimum absolute atomic E-state index is 0.0274. The smallest absolute Gasteiger partial charge is 0.339 e. The van der Waals surface area contributed by atoms with Crippen LogP contribution < -0.4 is 0 Å². The molecule has 0 aromatic heterocycles. The van der Waals surface area contributed by atoms with Gasteiger partial charge < -0.3 is 9.47 Å². The maximum absolute atomic E-state index is 12.3. The number of carbonyl (C=O) groups is 2. The Morgan fingerprint density at radius 3 is 2.14 bits per heavy atom. The van der Waals surface area contributed by atoms with Crippen molar-refractivity contribution in [1.82, 2.24) is 0 Å². The van der Waals surface area contributed by atoms with E-state index >= 15 is 0 Å². The third-order valence-electron chi connectivity index (χ3n) is 3.54. The summed E-state index contributed by atoms with van der Waals surface area (Å²) >= 11 is 0. The van der Waals surface area contributed by atoms with Crippen LogP contribution in [0.1, 0.15) is 66.7 Å². The van der Waals surface area contributed by atoms with Gasteiger partial charge in [0.05, 0.1) is 17.2 Å². The Hall–Kier alpha value is -1.84. The molecule has 21 heavy (non-hydrogen) atoms. The van der Waals surface area contributed by atoms with Crippen molar-refractivity contribution in [2.45, 2.75) is 58.2 Å². The maximum Gasteiger partial charge on any atom is 0.339 e. The molecule has 1 fully saturated rings. The van der Waals surface area contributed by atoms with Crippen molar-refractivity contribution in [2.75, 3.05) is 0 Å². The Labute approximate surface area is 125 Å². The molecule has 0 N–H and O–H groups in total. The van der Waals surface area contributed by atoms with Gasteiger partial charge in [0.25, 0.3) is 0 Å². The van der Waals surface area contributed by atoms with E-state index in [2.05, 4.69) is 0 Å². The average Bonchev–Trinajstić information content (AvgIpc) is 2.47. The van der Waals surface area contributed by atoms with Crippen LogP contribution in [-0.2, 0) is 9.47 Å². The highest BCUT2D eigenvalue weighted by atomic mass is 16.5. The summed E-state index contributed by atoms with van der Waals surface area (Å²) in [6.07, 6.45) is 4.95. The predicted octanol–water partition coefficient (Wildman–Crippen LogP) is 3.74. The summed E-state index contributed by atoms with van der Waals surface area (Å²) in [5.74, 6) is -0.917. The molecular formula is C17H22O4. The first kappa shape index (κ1) is 15.5. The first-order chi connectivity index (χ1) is 10.1. The van der Waals surface area contributed by atoms with Gasteiger partial charge in [0, 0.05) is 0 Å². The van der Waals surface area contributed by atoms with Gasteiger partial charge in [0.2, 0.25) is 0 Å². The normalized spacial score (nSPS) is 15.8. The van der Waals surface area contributed by atoms with Gasteiger partial charge in [-0.3, -0.25) is 0 Å². The molecular weight excluding hydrogens is 268 g/mol. The Bertz CT molecular complexity index is 501. The number of esters is 2. The minimum Gasteiger partial charge on any atom is -0.459 e. The molecule has 1 aliphatic carbocycles. The molecule has 4 heteroatoms. The van der Waals surface area contributed by atoms with Gasteiger partial charge in [-0.25, -0.2) is 9.59 Å². The molecule has 1 aromatic carbocycles. The summed E-state index contributed by atoms with van der Waals surface area (Å²) in [5, 5.41) is 0. The Morgan fingerprint density at radius 2 is 1.57 bits per heavy atom. The van der Waals surface area contributed by atoms with Crippen molar-refractivity contribution >= 4 is 11.9 Å². The van der Waals surface area contributed by atoms with E-state index in [0.29, 0.717) is 0 Å². The molecule has 0 aliphatic heterocycles. The van der Waals surface area contributed by atoms with E-state index in [0.717, 1.165) is 25.7 Å². The van der Waals surface area contributed by atoms with Crippen molar-refractivity contribution in [1.29, 1.82) is 0 Å². The summed E-state index contributed by atoms with van der Waals surface area (Å²) in [6.45, 7) is 3.56. The van der Waals surface area contributed by atoms with E-state index in [1.54, 1.807) is 38.1 Å². The van der Waals surface area contributed by atoms with Crippen LogP contribution in [0.4, 0.5) is 0 Å². The van der Waals surface area contributed by atoms with Crippen LogP contribution in [0, 0.1) is 0 Å². The van der Waals surface area contributed by atoms with Gasteiger partial charge in [-0.15, -0.1) is 0 Å². The fourth-order valence-electron chi connectivity index (χ4n) is 2.51. The molecule has 1 saturated carbocycles. The van der Waals surface area contributed by atoms with Gasteiger partial charge in [-0.05, 0) is 51.7 Å². The highest BCUT2D eigenvalue weighted by Crippen LogP contribution is 2.22. The fourth-order valence-corrected chi connectivity index (χ4v) is 2.51. The summed E-state index contributed by atoms with van der Waals surface area (Å²) in [4.78, 5) is 24.3. The number of rotatable bonds is 4. The number of hydrogen-bond acceptors (Lipinski definition) is 4. The zero-order valence-corrected chi connectivity index (χ0v) is 12.6. The van der Waals surface area contributed by atoms with Crippen LogP contribution in [0.2, 0.25) is 0 Å². The van der Waals surface area contributed by atoms with Gasteiger partial charge in [0.1, 0.15) is 6.10 Å². The second kappa shape index (κ2) is 7.25. The molecule has 0 radical (unpaired) electrons. The lowest BCUT2D eigenvalue weighted by Gasteiger charge is -2.22. The summed E-state index contributed by atoms with van der Waals surface area (Å²) < 4.78 is 10.7. The van der Waals surface area contributed by atoms with E-state index in [9.17, 15) is 9.59 Å². The van der Waals surface area contributed by atoms with Crippen molar-refractivity contribution in [3.05, 3.63) is 35.4 Å². The van der Waals surface area contributed by atoms with Crippen molar-refractivity contribution in [3.63, 3.8) is 0 Å². The monoisotopic (exact) mass is 290 g/mol. The van der Waals surface area contributed by atoms with Gasteiger partial charge in [-0.1, -0.05) is 18.6 Å². The molecule has 4 nitrogen and oxygen atoms in total. The van der Waals surface area contributed by atoms with E-state index < -0.39 is 11.9 Å². The first-order valence-corrected chi connectivity index (χ1v) is 7.59. The Kier molecular flexibility index (Phi) is 5.37. The van der Waals surface area contributed by atoms with E-state index in [4.69, 9.17) is 9.47 Å². The lowest BCUT2D eigenvalue weighted by Crippen LogP contribution is -2.23. The van der Waals surface area contributed by atoms with E-state index in [-0.39, 0.29) is 23.3 Å². The lowest BCUT2D eigenvalue weighted by molar-refractivity contribution is 0.0198. The number of carbonyl (C=O) groups excluding carboxylic acids is 2. The van der Waals surface area contributed by atoms with Crippen LogP contribution >= 0.6 is 0 Å². The molecule has 0 unspecified atom stereocenters. The molecule has 1 aromatic rings. The number of ether oxygens (including phenoxy) is 2. The second-order valence-corrected chi connectivity index (χ2v) is 5.66. The fraction of sp³-hybridized carbons (Fsp3) is 0.529. The van der Waals surface area contributed by atoms with Crippen LogP contribution in [0.15, 0.2) is 24.3 Å². The highest BCUT2D eigenvalue weighted by molar-refractivity contribution is 6.03. The van der Waals surface area contributed by atoms with Crippen LogP contribution in [0.25, 0.3) is 0 Å². The van der Waals surface area contributed by atoms with Crippen LogP contribution in [0.3, 0.4) is 0 Å². The zero-order chi connectivity index (χ0) is 15.2. The zero-order valence-electron chi connectivity index (χ0n) is 12.6. The summed E-state index contributed by atoms with van der Waals surface area (Å²) in [6, 6.07) is 6.65. The van der Waals surface area contributed by atoms with E-state index in [1.807, 2.05) is 0 Å². The molecule has 114 valence electrons. The van der Waals surface area contributed by atoms with Gasteiger partial charge in [0.15, 0.2) is 0 Å². The number of benzene rings is 1. The average molecular weight is 290 g/mol. The quantitative estimate of drug-likeness (QED) is 0.793. The predicted molar refractivity (Wildman–Crippen MR) is 79.3 cm³/mol. The molecule has 0 spiro atoms. The van der Waals surface area contributed by atoms with E-state index in [1.165, 1.54) is 6.42 Å². The SMILES string of the molecule is CC(C)OC(=O)c1ccccc1C(=O)OC1CCCCC1. The second-order valence-electron chi connectivity index (χ2n) is 5.66. The molecule has 0 saturated heterocycles. The van der Waals surface area contributed by atoms with Crippen LogP contribution in [0.5, 0.6) is 0 Å². The third kappa shape index (κ3) is 4.31. The topological polar surface area (TPSA) is 52.6 Å². The first-order valence-electron chi connectivity index (χ1n) is 7.59.